The highest BCUT2D eigenvalue weighted by molar-refractivity contribution is 5.82. The maximum atomic E-state index is 11.7. The Morgan fingerprint density at radius 2 is 0.875 bits per heavy atom. The lowest BCUT2D eigenvalue weighted by Crippen LogP contribution is -2.38. The van der Waals surface area contributed by atoms with Gasteiger partial charge in [-0.3, -0.25) is 9.59 Å². The summed E-state index contributed by atoms with van der Waals surface area (Å²) in [5, 5.41) is 0. The van der Waals surface area contributed by atoms with Crippen LogP contribution in [0.15, 0.2) is 0 Å². The van der Waals surface area contributed by atoms with Gasteiger partial charge in [-0.1, -0.05) is 0 Å². The number of hydrogen-bond donors (Lipinski definition) is 2. The Morgan fingerprint density at radius 3 is 1.06 bits per heavy atom. The Morgan fingerprint density at radius 1 is 0.625 bits per heavy atom. The molecule has 2 heterocycles. The van der Waals surface area contributed by atoms with E-state index in [1.807, 2.05) is 41.5 Å². The molecular weight excluding hydrogens is 416 g/mol. The molecule has 2 saturated carbocycles. The molecule has 4 fully saturated rings. The van der Waals surface area contributed by atoms with Gasteiger partial charge in [0, 0.05) is 38.0 Å². The Bertz CT molecular complexity index is 711. The summed E-state index contributed by atoms with van der Waals surface area (Å²) in [6.07, 6.45) is -0.578. The van der Waals surface area contributed by atoms with E-state index in [-0.39, 0.29) is 59.5 Å². The van der Waals surface area contributed by atoms with E-state index in [2.05, 4.69) is 0 Å². The van der Waals surface area contributed by atoms with Crippen LogP contribution in [-0.4, -0.2) is 71.2 Å². The summed E-state index contributed by atoms with van der Waals surface area (Å²) in [6, 6.07) is 0. The highest BCUT2D eigenvalue weighted by atomic mass is 16.6. The Hall–Kier alpha value is -2.52. The topological polar surface area (TPSA) is 145 Å². The van der Waals surface area contributed by atoms with Crippen LogP contribution in [-0.2, 0) is 19.1 Å². The largest absolute Gasteiger partial charge is 0.444 e. The zero-order valence-electron chi connectivity index (χ0n) is 19.8. The molecule has 10 heteroatoms. The average Bonchev–Trinajstić information content (AvgIpc) is 3.34. The lowest BCUT2D eigenvalue weighted by molar-refractivity contribution is -0.120. The number of fused-ring (bicyclic) bond motifs is 2. The molecule has 4 rings (SSSR count). The summed E-state index contributed by atoms with van der Waals surface area (Å²) in [5.74, 6) is 0.570. The van der Waals surface area contributed by atoms with E-state index < -0.39 is 11.2 Å². The normalized spacial score (nSPS) is 32.2. The highest BCUT2D eigenvalue weighted by Crippen LogP contribution is 2.52. The molecule has 0 aromatic heterocycles. The molecule has 2 aliphatic carbocycles. The fraction of sp³-hybridized carbons (Fsp3) is 0.818. The minimum atomic E-state index is -0.465. The van der Waals surface area contributed by atoms with Crippen molar-refractivity contribution in [2.75, 3.05) is 26.2 Å². The third kappa shape index (κ3) is 5.45. The fourth-order valence-corrected chi connectivity index (χ4v) is 4.85. The van der Waals surface area contributed by atoms with Crippen LogP contribution in [0.2, 0.25) is 0 Å². The summed E-state index contributed by atoms with van der Waals surface area (Å²) in [5.41, 5.74) is 9.54. The van der Waals surface area contributed by atoms with E-state index in [1.54, 1.807) is 9.80 Å². The minimum Gasteiger partial charge on any atom is -0.444 e. The molecule has 0 radical (unpaired) electrons. The first kappa shape index (κ1) is 24.1. The number of amides is 4. The zero-order valence-corrected chi connectivity index (χ0v) is 19.8. The summed E-state index contributed by atoms with van der Waals surface area (Å²) >= 11 is 0. The molecule has 32 heavy (non-hydrogen) atoms. The Labute approximate surface area is 188 Å². The Kier molecular flexibility index (Phi) is 6.12. The summed E-state index contributed by atoms with van der Waals surface area (Å²) < 4.78 is 10.5. The monoisotopic (exact) mass is 452 g/mol. The number of nitrogens with zero attached hydrogens (tertiary/aromatic N) is 2. The van der Waals surface area contributed by atoms with Gasteiger partial charge >= 0.3 is 12.2 Å². The number of likely N-dealkylation sites (tertiary alicyclic amines) is 2. The fourth-order valence-electron chi connectivity index (χ4n) is 4.85. The third-order valence-electron chi connectivity index (χ3n) is 6.35. The molecule has 2 saturated heterocycles. The van der Waals surface area contributed by atoms with Gasteiger partial charge in [0.25, 0.3) is 0 Å². The minimum absolute atomic E-state index is 0.0151. The van der Waals surface area contributed by atoms with Crippen LogP contribution in [0.3, 0.4) is 0 Å². The predicted octanol–water partition coefficient (Wildman–Crippen LogP) is 1.17. The number of rotatable bonds is 2. The maximum absolute atomic E-state index is 11.7. The SMILES string of the molecule is CC(C)(C)OC(=O)N1C[C@@H]2C(C(N)=O)[C@@H]2C1.CC(C)(C)OC(=O)N1C[C@@H]2C(C(N)=O)[C@@H]2C1. The average molecular weight is 453 g/mol. The van der Waals surface area contributed by atoms with Crippen molar-refractivity contribution in [3.8, 4) is 0 Å². The van der Waals surface area contributed by atoms with Crippen molar-refractivity contribution >= 4 is 24.0 Å². The molecular formula is C22H36N4O6. The summed E-state index contributed by atoms with van der Waals surface area (Å²) in [6.45, 7) is 13.5. The smallest absolute Gasteiger partial charge is 0.410 e. The first-order chi connectivity index (χ1) is 14.6. The van der Waals surface area contributed by atoms with Crippen molar-refractivity contribution in [2.45, 2.75) is 52.7 Å². The van der Waals surface area contributed by atoms with Crippen molar-refractivity contribution in [3.63, 3.8) is 0 Å². The third-order valence-corrected chi connectivity index (χ3v) is 6.35. The van der Waals surface area contributed by atoms with Gasteiger partial charge in [0.15, 0.2) is 0 Å². The number of piperidine rings is 2. The molecule has 4 aliphatic rings. The molecule has 4 amide bonds. The van der Waals surface area contributed by atoms with Crippen molar-refractivity contribution in [3.05, 3.63) is 0 Å². The second-order valence-electron chi connectivity index (χ2n) is 11.3. The van der Waals surface area contributed by atoms with Gasteiger partial charge in [-0.05, 0) is 65.2 Å². The standard InChI is InChI=1S/2C11H18N2O3/c2*1-11(2,3)16-10(15)13-4-6-7(5-13)8(6)9(12)14/h2*6-8H,4-5H2,1-3H3,(H2,12,14)/t2*6-,7+,8?. The molecule has 0 aromatic rings. The first-order valence-corrected chi connectivity index (χ1v) is 11.1. The van der Waals surface area contributed by atoms with E-state index in [1.165, 1.54) is 0 Å². The lowest BCUT2D eigenvalue weighted by Gasteiger charge is -2.25. The van der Waals surface area contributed by atoms with E-state index >= 15 is 0 Å². The number of carbonyl (C=O) groups is 4. The van der Waals surface area contributed by atoms with Gasteiger partial charge in [0.1, 0.15) is 11.2 Å². The predicted molar refractivity (Wildman–Crippen MR) is 115 cm³/mol. The highest BCUT2D eigenvalue weighted by Gasteiger charge is 2.60. The Balaban J connectivity index is 0.000000181. The van der Waals surface area contributed by atoms with Gasteiger partial charge in [-0.2, -0.15) is 0 Å². The number of carbonyl (C=O) groups excluding carboxylic acids is 4. The summed E-state index contributed by atoms with van der Waals surface area (Å²) in [7, 11) is 0. The molecule has 0 bridgehead atoms. The lowest BCUT2D eigenvalue weighted by atomic mass is 10.2. The van der Waals surface area contributed by atoms with Crippen molar-refractivity contribution < 1.29 is 28.7 Å². The van der Waals surface area contributed by atoms with Crippen LogP contribution >= 0.6 is 0 Å². The first-order valence-electron chi connectivity index (χ1n) is 11.1. The molecule has 6 atom stereocenters. The van der Waals surface area contributed by atoms with Gasteiger partial charge in [-0.25, -0.2) is 9.59 Å². The molecule has 4 N–H and O–H groups in total. The van der Waals surface area contributed by atoms with E-state index in [9.17, 15) is 19.2 Å². The number of primary amides is 2. The van der Waals surface area contributed by atoms with Crippen molar-refractivity contribution in [1.29, 1.82) is 0 Å². The zero-order chi connectivity index (χ0) is 24.2. The molecule has 0 aromatic carbocycles. The number of nitrogens with two attached hydrogens (primary N) is 2. The van der Waals surface area contributed by atoms with Gasteiger partial charge in [-0.15, -0.1) is 0 Å². The molecule has 0 spiro atoms. The molecule has 10 nitrogen and oxygen atoms in total. The van der Waals surface area contributed by atoms with E-state index in [0.29, 0.717) is 26.2 Å². The quantitative estimate of drug-likeness (QED) is 0.643. The van der Waals surface area contributed by atoms with Crippen molar-refractivity contribution in [2.24, 2.45) is 47.0 Å². The summed E-state index contributed by atoms with van der Waals surface area (Å²) in [4.78, 5) is 48.7. The van der Waals surface area contributed by atoms with Crippen LogP contribution in [0.25, 0.3) is 0 Å². The van der Waals surface area contributed by atoms with Crippen LogP contribution in [0.5, 0.6) is 0 Å². The van der Waals surface area contributed by atoms with E-state index in [4.69, 9.17) is 20.9 Å². The van der Waals surface area contributed by atoms with Crippen molar-refractivity contribution in [1.82, 2.24) is 9.80 Å². The van der Waals surface area contributed by atoms with E-state index in [0.717, 1.165) is 0 Å². The molecule has 180 valence electrons. The van der Waals surface area contributed by atoms with Gasteiger partial charge in [0.2, 0.25) is 11.8 Å². The number of ether oxygens (including phenoxy) is 2. The van der Waals surface area contributed by atoms with Gasteiger partial charge in [0.05, 0.1) is 0 Å². The van der Waals surface area contributed by atoms with Crippen LogP contribution in [0.4, 0.5) is 9.59 Å². The van der Waals surface area contributed by atoms with Crippen LogP contribution < -0.4 is 11.5 Å². The second-order valence-corrected chi connectivity index (χ2v) is 11.3. The van der Waals surface area contributed by atoms with Gasteiger partial charge < -0.3 is 30.7 Å². The van der Waals surface area contributed by atoms with Crippen LogP contribution in [0, 0.1) is 35.5 Å². The molecule has 2 unspecified atom stereocenters. The maximum Gasteiger partial charge on any atom is 0.410 e. The number of hydrogen-bond acceptors (Lipinski definition) is 6. The molecule has 2 aliphatic heterocycles. The van der Waals surface area contributed by atoms with Crippen LogP contribution in [0.1, 0.15) is 41.5 Å². The second kappa shape index (κ2) is 8.12.